The topological polar surface area (TPSA) is 71.0 Å². The van der Waals surface area contributed by atoms with Gasteiger partial charge in [0, 0.05) is 30.7 Å². The molecule has 6 heteroatoms. The van der Waals surface area contributed by atoms with E-state index in [-0.39, 0.29) is 17.9 Å². The third-order valence-electron chi connectivity index (χ3n) is 3.40. The van der Waals surface area contributed by atoms with Crippen LogP contribution in [0.25, 0.3) is 10.9 Å². The Hall–Kier alpha value is -2.24. The Labute approximate surface area is 117 Å². The Bertz CT molecular complexity index is 631. The van der Waals surface area contributed by atoms with Crippen LogP contribution < -0.4 is 10.2 Å². The van der Waals surface area contributed by atoms with Crippen LogP contribution in [0.1, 0.15) is 13.8 Å². The maximum absolute atomic E-state index is 11.9. The minimum atomic E-state index is 0.0456. The lowest BCUT2D eigenvalue weighted by Crippen LogP contribution is -2.55. The summed E-state index contributed by atoms with van der Waals surface area (Å²) >= 11 is 0. The van der Waals surface area contributed by atoms with Gasteiger partial charge in [-0.25, -0.2) is 9.97 Å². The van der Waals surface area contributed by atoms with E-state index in [1.807, 2.05) is 19.9 Å². The molecule has 0 radical (unpaired) electrons. The molecular formula is C14H17N5O. The van der Waals surface area contributed by atoms with Crippen molar-refractivity contribution in [3.63, 3.8) is 0 Å². The minimum absolute atomic E-state index is 0.0456. The van der Waals surface area contributed by atoms with Crippen molar-refractivity contribution in [3.05, 3.63) is 24.8 Å². The lowest BCUT2D eigenvalue weighted by Gasteiger charge is -2.39. The molecule has 0 unspecified atom stereocenters. The molecule has 0 aromatic carbocycles. The van der Waals surface area contributed by atoms with E-state index in [0.29, 0.717) is 13.1 Å². The zero-order valence-corrected chi connectivity index (χ0v) is 11.6. The molecule has 0 bridgehead atoms. The second kappa shape index (κ2) is 5.03. The lowest BCUT2D eigenvalue weighted by atomic mass is 9.98. The largest absolute Gasteiger partial charge is 0.354 e. The van der Waals surface area contributed by atoms with E-state index in [1.54, 1.807) is 18.7 Å². The number of hydrogen-bond donors (Lipinski definition) is 1. The molecule has 1 N–H and O–H groups in total. The van der Waals surface area contributed by atoms with E-state index in [9.17, 15) is 4.79 Å². The van der Waals surface area contributed by atoms with Crippen LogP contribution in [0.15, 0.2) is 24.8 Å². The zero-order valence-electron chi connectivity index (χ0n) is 11.6. The smallest absolute Gasteiger partial charge is 0.226 e. The molecule has 6 nitrogen and oxygen atoms in total. The van der Waals surface area contributed by atoms with Crippen molar-refractivity contribution in [2.45, 2.75) is 19.9 Å². The highest BCUT2D eigenvalue weighted by atomic mass is 16.2. The molecule has 3 rings (SSSR count). The van der Waals surface area contributed by atoms with Crippen molar-refractivity contribution in [1.29, 1.82) is 0 Å². The maximum atomic E-state index is 11.9. The Kier molecular flexibility index (Phi) is 3.22. The van der Waals surface area contributed by atoms with E-state index in [0.717, 1.165) is 16.7 Å². The Balaban J connectivity index is 1.74. The van der Waals surface area contributed by atoms with Gasteiger partial charge in [0.2, 0.25) is 5.91 Å². The first-order valence-corrected chi connectivity index (χ1v) is 6.75. The van der Waals surface area contributed by atoms with Crippen LogP contribution in [0.4, 0.5) is 5.82 Å². The minimum Gasteiger partial charge on any atom is -0.354 e. The van der Waals surface area contributed by atoms with Crippen molar-refractivity contribution >= 4 is 22.6 Å². The summed E-state index contributed by atoms with van der Waals surface area (Å²) in [7, 11) is 0. The van der Waals surface area contributed by atoms with Crippen LogP contribution in [0.5, 0.6) is 0 Å². The van der Waals surface area contributed by atoms with Gasteiger partial charge in [-0.15, -0.1) is 0 Å². The van der Waals surface area contributed by atoms with Crippen molar-refractivity contribution < 1.29 is 4.79 Å². The summed E-state index contributed by atoms with van der Waals surface area (Å²) in [6.07, 6.45) is 5.00. The average molecular weight is 271 g/mol. The van der Waals surface area contributed by atoms with Gasteiger partial charge in [0.1, 0.15) is 12.1 Å². The molecule has 0 atom stereocenters. The molecule has 1 saturated heterocycles. The number of pyridine rings is 1. The van der Waals surface area contributed by atoms with Crippen LogP contribution in [0, 0.1) is 5.92 Å². The van der Waals surface area contributed by atoms with Gasteiger partial charge in [0.15, 0.2) is 0 Å². The van der Waals surface area contributed by atoms with Crippen molar-refractivity contribution in [2.24, 2.45) is 5.92 Å². The van der Waals surface area contributed by atoms with Crippen molar-refractivity contribution in [2.75, 3.05) is 18.0 Å². The number of nitrogens with zero attached hydrogens (tertiary/aromatic N) is 4. The van der Waals surface area contributed by atoms with Crippen molar-refractivity contribution in [1.82, 2.24) is 20.3 Å². The second-order valence-electron chi connectivity index (χ2n) is 5.36. The molecule has 104 valence electrons. The van der Waals surface area contributed by atoms with Crippen LogP contribution in [-0.2, 0) is 4.79 Å². The number of fused-ring (bicyclic) bond motifs is 1. The summed E-state index contributed by atoms with van der Waals surface area (Å²) in [6, 6.07) is 2.09. The van der Waals surface area contributed by atoms with Gasteiger partial charge >= 0.3 is 0 Å². The number of carbonyl (C=O) groups excluding carboxylic acids is 1. The Morgan fingerprint density at radius 3 is 2.95 bits per heavy atom. The summed E-state index contributed by atoms with van der Waals surface area (Å²) in [6.45, 7) is 5.35. The standard InChI is InChI=1S/C14H17N5O/c1-9(2)18-14(20)10-6-19(7-10)13-11-3-4-15-5-12(11)16-8-17-13/h3-5,8-10H,6-7H2,1-2H3,(H,18,20). The summed E-state index contributed by atoms with van der Waals surface area (Å²) in [5.74, 6) is 1.05. The molecule has 1 amide bonds. The lowest BCUT2D eigenvalue weighted by molar-refractivity contribution is -0.126. The summed E-state index contributed by atoms with van der Waals surface area (Å²) < 4.78 is 0. The summed E-state index contributed by atoms with van der Waals surface area (Å²) in [5, 5.41) is 3.92. The van der Waals surface area contributed by atoms with Crippen LogP contribution in [0.3, 0.4) is 0 Å². The van der Waals surface area contributed by atoms with Gasteiger partial charge in [-0.05, 0) is 19.9 Å². The number of amides is 1. The Morgan fingerprint density at radius 2 is 2.20 bits per heavy atom. The maximum Gasteiger partial charge on any atom is 0.226 e. The highest BCUT2D eigenvalue weighted by molar-refractivity contribution is 5.90. The molecule has 0 spiro atoms. The first-order chi connectivity index (χ1) is 9.65. The highest BCUT2D eigenvalue weighted by Gasteiger charge is 2.34. The van der Waals surface area contributed by atoms with E-state index >= 15 is 0 Å². The molecule has 2 aromatic heterocycles. The average Bonchev–Trinajstić information content (AvgIpc) is 2.36. The third-order valence-corrected chi connectivity index (χ3v) is 3.40. The van der Waals surface area contributed by atoms with Crippen molar-refractivity contribution in [3.8, 4) is 0 Å². The third kappa shape index (κ3) is 2.29. The molecule has 0 aliphatic carbocycles. The fraction of sp³-hybridized carbons (Fsp3) is 0.429. The summed E-state index contributed by atoms with van der Waals surface area (Å²) in [4.78, 5) is 26.6. The van der Waals surface area contributed by atoms with Gasteiger partial charge < -0.3 is 10.2 Å². The molecule has 3 heterocycles. The molecule has 2 aromatic rings. The zero-order chi connectivity index (χ0) is 14.1. The molecular weight excluding hydrogens is 254 g/mol. The molecule has 20 heavy (non-hydrogen) atoms. The molecule has 0 saturated carbocycles. The first kappa shape index (κ1) is 12.8. The number of hydrogen-bond acceptors (Lipinski definition) is 5. The number of nitrogens with one attached hydrogen (secondary N) is 1. The monoisotopic (exact) mass is 271 g/mol. The van der Waals surface area contributed by atoms with E-state index in [2.05, 4.69) is 25.2 Å². The number of rotatable bonds is 3. The van der Waals surface area contributed by atoms with Gasteiger partial charge in [-0.3, -0.25) is 9.78 Å². The first-order valence-electron chi connectivity index (χ1n) is 6.75. The van der Waals surface area contributed by atoms with Gasteiger partial charge in [0.05, 0.1) is 17.6 Å². The normalized spacial score (nSPS) is 15.4. The van der Waals surface area contributed by atoms with Gasteiger partial charge in [0.25, 0.3) is 0 Å². The van der Waals surface area contributed by atoms with Gasteiger partial charge in [-0.2, -0.15) is 0 Å². The van der Waals surface area contributed by atoms with Crippen LogP contribution in [-0.4, -0.2) is 40.0 Å². The molecule has 1 fully saturated rings. The Morgan fingerprint density at radius 1 is 1.40 bits per heavy atom. The quantitative estimate of drug-likeness (QED) is 0.901. The SMILES string of the molecule is CC(C)NC(=O)C1CN(c2ncnc3cnccc23)C1. The highest BCUT2D eigenvalue weighted by Crippen LogP contribution is 2.28. The molecule has 1 aliphatic heterocycles. The van der Waals surface area contributed by atoms with Gasteiger partial charge in [-0.1, -0.05) is 0 Å². The van der Waals surface area contributed by atoms with Crippen LogP contribution in [0.2, 0.25) is 0 Å². The number of carbonyl (C=O) groups is 1. The van der Waals surface area contributed by atoms with E-state index in [1.165, 1.54) is 0 Å². The number of anilines is 1. The van der Waals surface area contributed by atoms with Crippen LogP contribution >= 0.6 is 0 Å². The summed E-state index contributed by atoms with van der Waals surface area (Å²) in [5.41, 5.74) is 0.826. The predicted octanol–water partition coefficient (Wildman–Crippen LogP) is 0.986. The second-order valence-corrected chi connectivity index (χ2v) is 5.36. The predicted molar refractivity (Wildman–Crippen MR) is 76.3 cm³/mol. The van der Waals surface area contributed by atoms with E-state index in [4.69, 9.17) is 0 Å². The fourth-order valence-corrected chi connectivity index (χ4v) is 2.37. The van der Waals surface area contributed by atoms with E-state index < -0.39 is 0 Å². The fourth-order valence-electron chi connectivity index (χ4n) is 2.37. The molecule has 1 aliphatic rings. The number of aromatic nitrogens is 3.